The number of hydrogen-bond donors (Lipinski definition) is 2. The SMILES string of the molecule is O=C(Nc1nc(-c2ccc3[nH]c(=O)oc3c2)cs1)c1ccc(S(=O)(=O)N2CCCCC2)cc1. The van der Waals surface area contributed by atoms with Gasteiger partial charge in [0.15, 0.2) is 10.7 Å². The average Bonchev–Trinajstić information content (AvgIpc) is 3.44. The Bertz CT molecular complexity index is 1480. The lowest BCUT2D eigenvalue weighted by Gasteiger charge is -2.25. The number of amides is 1. The molecule has 4 aromatic rings. The summed E-state index contributed by atoms with van der Waals surface area (Å²) in [7, 11) is -3.54. The lowest BCUT2D eigenvalue weighted by atomic mass is 10.1. The van der Waals surface area contributed by atoms with E-state index in [0.29, 0.717) is 40.6 Å². The minimum atomic E-state index is -3.54. The minimum Gasteiger partial charge on any atom is -0.408 e. The molecule has 170 valence electrons. The Kier molecular flexibility index (Phi) is 5.60. The standard InChI is InChI=1S/C22H20N4O5S2/c27-20(14-4-7-16(8-5-14)33(29,30)26-10-2-1-3-11-26)25-21-23-18(13-32-21)15-6-9-17-19(12-15)31-22(28)24-17/h4-9,12-13H,1-3,10-11H2,(H,24,28)(H,23,25,27). The number of anilines is 1. The highest BCUT2D eigenvalue weighted by molar-refractivity contribution is 7.89. The van der Waals surface area contributed by atoms with Crippen LogP contribution >= 0.6 is 11.3 Å². The molecule has 2 N–H and O–H groups in total. The van der Waals surface area contributed by atoms with Crippen molar-refractivity contribution in [3.05, 3.63) is 64.0 Å². The molecule has 1 saturated heterocycles. The van der Waals surface area contributed by atoms with Crippen LogP contribution in [0.2, 0.25) is 0 Å². The maximum Gasteiger partial charge on any atom is 0.417 e. The van der Waals surface area contributed by atoms with Crippen LogP contribution in [0, 0.1) is 0 Å². The maximum atomic E-state index is 12.8. The van der Waals surface area contributed by atoms with Gasteiger partial charge in [-0.2, -0.15) is 4.31 Å². The number of aromatic nitrogens is 2. The molecule has 2 aromatic heterocycles. The zero-order chi connectivity index (χ0) is 23.0. The van der Waals surface area contributed by atoms with Gasteiger partial charge in [-0.25, -0.2) is 18.2 Å². The zero-order valence-corrected chi connectivity index (χ0v) is 19.0. The van der Waals surface area contributed by atoms with E-state index in [9.17, 15) is 18.0 Å². The molecule has 5 rings (SSSR count). The van der Waals surface area contributed by atoms with Crippen LogP contribution in [0.15, 0.2) is 62.0 Å². The summed E-state index contributed by atoms with van der Waals surface area (Å²) >= 11 is 1.26. The van der Waals surface area contributed by atoms with Gasteiger partial charge in [-0.3, -0.25) is 15.1 Å². The van der Waals surface area contributed by atoms with E-state index >= 15 is 0 Å². The number of hydrogen-bond acceptors (Lipinski definition) is 7. The van der Waals surface area contributed by atoms with E-state index < -0.39 is 15.8 Å². The fraction of sp³-hybridized carbons (Fsp3) is 0.227. The predicted molar refractivity (Wildman–Crippen MR) is 125 cm³/mol. The first-order valence-electron chi connectivity index (χ1n) is 10.4. The molecule has 0 spiro atoms. The van der Waals surface area contributed by atoms with Crippen molar-refractivity contribution in [2.75, 3.05) is 18.4 Å². The van der Waals surface area contributed by atoms with Crippen LogP contribution in [-0.2, 0) is 10.0 Å². The van der Waals surface area contributed by atoms with Gasteiger partial charge in [0, 0.05) is 29.6 Å². The van der Waals surface area contributed by atoms with Gasteiger partial charge in [0.05, 0.1) is 16.1 Å². The molecule has 0 atom stereocenters. The Hall–Kier alpha value is -3.28. The molecule has 0 bridgehead atoms. The van der Waals surface area contributed by atoms with E-state index in [4.69, 9.17) is 4.42 Å². The third-order valence-corrected chi connectivity index (χ3v) is 8.18. The maximum absolute atomic E-state index is 12.8. The quantitative estimate of drug-likeness (QED) is 0.445. The topological polar surface area (TPSA) is 125 Å². The highest BCUT2D eigenvalue weighted by atomic mass is 32.2. The summed E-state index contributed by atoms with van der Waals surface area (Å²) in [5.74, 6) is -0.909. The van der Waals surface area contributed by atoms with Crippen molar-refractivity contribution in [1.29, 1.82) is 0 Å². The average molecular weight is 485 g/mol. The van der Waals surface area contributed by atoms with Crippen LogP contribution in [-0.4, -0.2) is 41.7 Å². The van der Waals surface area contributed by atoms with E-state index in [1.807, 2.05) is 0 Å². The summed E-state index contributed by atoms with van der Waals surface area (Å²) in [5, 5.41) is 4.93. The highest BCUT2D eigenvalue weighted by Gasteiger charge is 2.26. The number of nitrogens with zero attached hydrogens (tertiary/aromatic N) is 2. The molecule has 0 aliphatic carbocycles. The fourth-order valence-electron chi connectivity index (χ4n) is 3.77. The first kappa shape index (κ1) is 21.6. The smallest absolute Gasteiger partial charge is 0.408 e. The van der Waals surface area contributed by atoms with Gasteiger partial charge in [-0.05, 0) is 49.2 Å². The van der Waals surface area contributed by atoms with Gasteiger partial charge < -0.3 is 4.42 Å². The molecule has 1 aliphatic rings. The van der Waals surface area contributed by atoms with E-state index in [1.165, 1.54) is 39.9 Å². The number of sulfonamides is 1. The summed E-state index contributed by atoms with van der Waals surface area (Å²) in [5.41, 5.74) is 2.73. The molecule has 0 radical (unpaired) electrons. The van der Waals surface area contributed by atoms with Crippen molar-refractivity contribution in [2.24, 2.45) is 0 Å². The highest BCUT2D eigenvalue weighted by Crippen LogP contribution is 2.27. The number of thiazole rings is 1. The zero-order valence-electron chi connectivity index (χ0n) is 17.4. The third-order valence-electron chi connectivity index (χ3n) is 5.51. The molecule has 0 unspecified atom stereocenters. The van der Waals surface area contributed by atoms with Gasteiger partial charge in [0.25, 0.3) is 5.91 Å². The lowest BCUT2D eigenvalue weighted by Crippen LogP contribution is -2.35. The molecule has 2 aromatic carbocycles. The Labute approximate surface area is 193 Å². The number of carbonyl (C=O) groups is 1. The van der Waals surface area contributed by atoms with Gasteiger partial charge in [-0.1, -0.05) is 12.5 Å². The predicted octanol–water partition coefficient (Wildman–Crippen LogP) is 3.67. The summed E-state index contributed by atoms with van der Waals surface area (Å²) in [6.07, 6.45) is 2.77. The van der Waals surface area contributed by atoms with Crippen LogP contribution < -0.4 is 11.1 Å². The van der Waals surface area contributed by atoms with E-state index in [-0.39, 0.29) is 10.8 Å². The second-order valence-corrected chi connectivity index (χ2v) is 10.5. The molecule has 33 heavy (non-hydrogen) atoms. The molecule has 3 heterocycles. The Morgan fingerprint density at radius 3 is 2.61 bits per heavy atom. The van der Waals surface area contributed by atoms with Crippen molar-refractivity contribution in [3.8, 4) is 11.3 Å². The van der Waals surface area contributed by atoms with Crippen LogP contribution in [0.5, 0.6) is 0 Å². The number of fused-ring (bicyclic) bond motifs is 1. The number of benzene rings is 2. The van der Waals surface area contributed by atoms with Gasteiger partial charge in [0.1, 0.15) is 0 Å². The summed E-state index contributed by atoms with van der Waals surface area (Å²) in [4.78, 5) is 31.2. The van der Waals surface area contributed by atoms with Crippen molar-refractivity contribution in [2.45, 2.75) is 24.2 Å². The van der Waals surface area contributed by atoms with E-state index in [2.05, 4.69) is 15.3 Å². The molecule has 11 heteroatoms. The van der Waals surface area contributed by atoms with Crippen LogP contribution in [0.4, 0.5) is 5.13 Å². The Morgan fingerprint density at radius 2 is 1.85 bits per heavy atom. The number of carbonyl (C=O) groups excluding carboxylic acids is 1. The first-order chi connectivity index (χ1) is 15.9. The number of H-pyrrole nitrogens is 1. The molecule has 1 amide bonds. The molecule has 9 nitrogen and oxygen atoms in total. The summed E-state index contributed by atoms with van der Waals surface area (Å²) < 4.78 is 32.1. The lowest BCUT2D eigenvalue weighted by molar-refractivity contribution is 0.102. The molecular formula is C22H20N4O5S2. The van der Waals surface area contributed by atoms with E-state index in [1.54, 1.807) is 23.6 Å². The molecule has 0 saturated carbocycles. The van der Waals surface area contributed by atoms with E-state index in [0.717, 1.165) is 24.8 Å². The summed E-state index contributed by atoms with van der Waals surface area (Å²) in [6.45, 7) is 1.06. The summed E-state index contributed by atoms with van der Waals surface area (Å²) in [6, 6.07) is 11.2. The normalized spacial score (nSPS) is 15.0. The Balaban J connectivity index is 1.29. The van der Waals surface area contributed by atoms with Crippen molar-refractivity contribution in [1.82, 2.24) is 14.3 Å². The van der Waals surface area contributed by atoms with Crippen LogP contribution in [0.3, 0.4) is 0 Å². The number of rotatable bonds is 5. The van der Waals surface area contributed by atoms with Gasteiger partial charge >= 0.3 is 5.76 Å². The second kappa shape index (κ2) is 8.58. The number of piperidine rings is 1. The van der Waals surface area contributed by atoms with Gasteiger partial charge in [0.2, 0.25) is 10.0 Å². The van der Waals surface area contributed by atoms with Crippen molar-refractivity contribution >= 4 is 43.5 Å². The third kappa shape index (κ3) is 4.34. The molecular weight excluding hydrogens is 464 g/mol. The number of nitrogens with one attached hydrogen (secondary N) is 2. The first-order valence-corrected chi connectivity index (χ1v) is 12.7. The molecule has 1 fully saturated rings. The van der Waals surface area contributed by atoms with Crippen molar-refractivity contribution < 1.29 is 17.6 Å². The monoisotopic (exact) mass is 484 g/mol. The van der Waals surface area contributed by atoms with Crippen LogP contribution in [0.25, 0.3) is 22.4 Å². The molecule has 1 aliphatic heterocycles. The van der Waals surface area contributed by atoms with Crippen LogP contribution in [0.1, 0.15) is 29.6 Å². The number of oxazole rings is 1. The fourth-order valence-corrected chi connectivity index (χ4v) is 6.00. The number of aromatic amines is 1. The Morgan fingerprint density at radius 1 is 1.09 bits per heavy atom. The van der Waals surface area contributed by atoms with Crippen molar-refractivity contribution in [3.63, 3.8) is 0 Å². The second-order valence-electron chi connectivity index (χ2n) is 7.71. The largest absolute Gasteiger partial charge is 0.417 e. The van der Waals surface area contributed by atoms with Gasteiger partial charge in [-0.15, -0.1) is 11.3 Å². The minimum absolute atomic E-state index is 0.185.